The summed E-state index contributed by atoms with van der Waals surface area (Å²) < 4.78 is 0. The first-order valence-electron chi connectivity index (χ1n) is 4.45. The van der Waals surface area contributed by atoms with Crippen LogP contribution in [0, 0.1) is 6.92 Å². The first kappa shape index (κ1) is 10.0. The molecular formula is C12H15O. The lowest BCUT2D eigenvalue weighted by Crippen LogP contribution is -1.99. The number of aliphatic hydroxyl groups is 1. The van der Waals surface area contributed by atoms with Gasteiger partial charge in [0, 0.05) is 0 Å². The first-order valence-corrected chi connectivity index (χ1v) is 4.45. The average Bonchev–Trinajstić information content (AvgIpc) is 2.19. The van der Waals surface area contributed by atoms with Crippen molar-refractivity contribution >= 4 is 5.57 Å². The lowest BCUT2D eigenvalue weighted by molar-refractivity contribution is 0.226. The maximum Gasteiger partial charge on any atom is 0.0726 e. The van der Waals surface area contributed by atoms with Crippen LogP contribution in [-0.4, -0.2) is 11.2 Å². The molecule has 1 nitrogen and oxygen atoms in total. The highest BCUT2D eigenvalue weighted by atomic mass is 16.3. The summed E-state index contributed by atoms with van der Waals surface area (Å²) in [6.45, 7) is 5.63. The van der Waals surface area contributed by atoms with E-state index in [1.54, 1.807) is 0 Å². The summed E-state index contributed by atoms with van der Waals surface area (Å²) in [5.74, 6) is 0. The molecule has 0 bridgehead atoms. The summed E-state index contributed by atoms with van der Waals surface area (Å²) in [5.41, 5.74) is 2.24. The van der Waals surface area contributed by atoms with Gasteiger partial charge in [-0.05, 0) is 24.5 Å². The molecule has 0 fully saturated rings. The second-order valence-corrected chi connectivity index (χ2v) is 3.07. The van der Waals surface area contributed by atoms with Crippen LogP contribution < -0.4 is 0 Å². The molecule has 0 aromatic heterocycles. The molecule has 0 heterocycles. The smallest absolute Gasteiger partial charge is 0.0726 e. The van der Waals surface area contributed by atoms with Crippen LogP contribution in [0.25, 0.3) is 5.57 Å². The second kappa shape index (κ2) is 4.83. The average molecular weight is 175 g/mol. The molecule has 0 aliphatic heterocycles. The van der Waals surface area contributed by atoms with Crippen LogP contribution in [0.2, 0.25) is 0 Å². The van der Waals surface area contributed by atoms with E-state index >= 15 is 0 Å². The third kappa shape index (κ3) is 3.03. The molecule has 1 radical (unpaired) electrons. The predicted molar refractivity (Wildman–Crippen MR) is 56.1 cm³/mol. The van der Waals surface area contributed by atoms with Crippen LogP contribution in [0.1, 0.15) is 18.9 Å². The lowest BCUT2D eigenvalue weighted by Gasteiger charge is -2.04. The molecule has 0 aliphatic carbocycles. The molecule has 0 amide bonds. The number of benzene rings is 1. The van der Waals surface area contributed by atoms with Gasteiger partial charge < -0.3 is 5.11 Å². The van der Waals surface area contributed by atoms with E-state index in [2.05, 4.69) is 6.92 Å². The molecule has 1 heteroatoms. The third-order valence-electron chi connectivity index (χ3n) is 1.97. The molecule has 1 aromatic carbocycles. The van der Waals surface area contributed by atoms with Gasteiger partial charge in [-0.1, -0.05) is 43.3 Å². The topological polar surface area (TPSA) is 20.2 Å². The Balaban J connectivity index is 2.79. The van der Waals surface area contributed by atoms with Crippen molar-refractivity contribution in [2.75, 3.05) is 0 Å². The van der Waals surface area contributed by atoms with Gasteiger partial charge in [0.25, 0.3) is 0 Å². The van der Waals surface area contributed by atoms with Crippen LogP contribution >= 0.6 is 0 Å². The number of hydrogen-bond acceptors (Lipinski definition) is 1. The first-order chi connectivity index (χ1) is 6.24. The molecule has 0 aliphatic rings. The van der Waals surface area contributed by atoms with E-state index in [4.69, 9.17) is 0 Å². The molecular weight excluding hydrogens is 160 g/mol. The number of hydrogen-bond donors (Lipinski definition) is 1. The SMILES string of the molecule is [CH2]CC(O)C=C(C)c1ccccc1. The van der Waals surface area contributed by atoms with E-state index in [1.807, 2.05) is 43.3 Å². The largest absolute Gasteiger partial charge is 0.389 e. The summed E-state index contributed by atoms with van der Waals surface area (Å²) in [7, 11) is 0. The highest BCUT2D eigenvalue weighted by Crippen LogP contribution is 2.13. The zero-order valence-electron chi connectivity index (χ0n) is 7.90. The van der Waals surface area contributed by atoms with E-state index in [0.717, 1.165) is 11.1 Å². The fraction of sp³-hybridized carbons (Fsp3) is 0.250. The highest BCUT2D eigenvalue weighted by molar-refractivity contribution is 5.63. The Kier molecular flexibility index (Phi) is 3.71. The summed E-state index contributed by atoms with van der Waals surface area (Å²) in [5, 5.41) is 9.35. The fourth-order valence-corrected chi connectivity index (χ4v) is 1.17. The Morgan fingerprint density at radius 1 is 1.46 bits per heavy atom. The predicted octanol–water partition coefficient (Wildman–Crippen LogP) is 2.67. The van der Waals surface area contributed by atoms with Crippen molar-refractivity contribution in [1.82, 2.24) is 0 Å². The van der Waals surface area contributed by atoms with Gasteiger partial charge in [0.2, 0.25) is 0 Å². The van der Waals surface area contributed by atoms with Crippen molar-refractivity contribution in [2.24, 2.45) is 0 Å². The van der Waals surface area contributed by atoms with Crippen LogP contribution in [0.3, 0.4) is 0 Å². The molecule has 0 saturated carbocycles. The van der Waals surface area contributed by atoms with Crippen molar-refractivity contribution in [2.45, 2.75) is 19.4 Å². The number of aliphatic hydroxyl groups excluding tert-OH is 1. The molecule has 1 atom stereocenters. The minimum atomic E-state index is -0.430. The van der Waals surface area contributed by atoms with Crippen LogP contribution in [0.5, 0.6) is 0 Å². The number of rotatable bonds is 3. The van der Waals surface area contributed by atoms with Crippen LogP contribution in [0.15, 0.2) is 36.4 Å². The monoisotopic (exact) mass is 175 g/mol. The normalized spacial score (nSPS) is 14.2. The highest BCUT2D eigenvalue weighted by Gasteiger charge is 1.98. The standard InChI is InChI=1S/C12H15O/c1-3-12(13)9-10(2)11-7-5-4-6-8-11/h4-9,12-13H,1,3H2,2H3. The summed E-state index contributed by atoms with van der Waals surface area (Å²) >= 11 is 0. The van der Waals surface area contributed by atoms with Crippen molar-refractivity contribution in [1.29, 1.82) is 0 Å². The van der Waals surface area contributed by atoms with Gasteiger partial charge >= 0.3 is 0 Å². The van der Waals surface area contributed by atoms with Gasteiger partial charge in [-0.25, -0.2) is 0 Å². The quantitative estimate of drug-likeness (QED) is 0.748. The van der Waals surface area contributed by atoms with Crippen molar-refractivity contribution in [3.8, 4) is 0 Å². The molecule has 1 rings (SSSR count). The maximum atomic E-state index is 9.35. The van der Waals surface area contributed by atoms with E-state index in [1.165, 1.54) is 0 Å². The molecule has 69 valence electrons. The molecule has 1 aromatic rings. The van der Waals surface area contributed by atoms with Gasteiger partial charge in [0.15, 0.2) is 0 Å². The fourth-order valence-electron chi connectivity index (χ4n) is 1.17. The zero-order valence-corrected chi connectivity index (χ0v) is 7.90. The molecule has 1 unspecified atom stereocenters. The molecule has 13 heavy (non-hydrogen) atoms. The summed E-state index contributed by atoms with van der Waals surface area (Å²) in [6, 6.07) is 10.0. The van der Waals surface area contributed by atoms with E-state index in [-0.39, 0.29) is 0 Å². The van der Waals surface area contributed by atoms with Gasteiger partial charge in [-0.15, -0.1) is 0 Å². The third-order valence-corrected chi connectivity index (χ3v) is 1.97. The lowest BCUT2D eigenvalue weighted by atomic mass is 10.1. The van der Waals surface area contributed by atoms with E-state index in [9.17, 15) is 5.11 Å². The molecule has 1 N–H and O–H groups in total. The van der Waals surface area contributed by atoms with Crippen LogP contribution in [0.4, 0.5) is 0 Å². The Morgan fingerprint density at radius 3 is 2.62 bits per heavy atom. The van der Waals surface area contributed by atoms with E-state index < -0.39 is 6.10 Å². The van der Waals surface area contributed by atoms with Gasteiger partial charge in [0.1, 0.15) is 0 Å². The Bertz CT molecular complexity index is 274. The molecule has 0 spiro atoms. The minimum Gasteiger partial charge on any atom is -0.389 e. The summed E-state index contributed by atoms with van der Waals surface area (Å²) in [6.07, 6.45) is 1.92. The second-order valence-electron chi connectivity index (χ2n) is 3.07. The van der Waals surface area contributed by atoms with Crippen molar-refractivity contribution in [3.05, 3.63) is 48.9 Å². The zero-order chi connectivity index (χ0) is 9.68. The molecule has 0 saturated heterocycles. The van der Waals surface area contributed by atoms with Gasteiger partial charge in [-0.2, -0.15) is 0 Å². The van der Waals surface area contributed by atoms with E-state index in [0.29, 0.717) is 6.42 Å². The number of allylic oxidation sites excluding steroid dienone is 1. The Hall–Kier alpha value is -1.08. The Morgan fingerprint density at radius 2 is 2.08 bits per heavy atom. The van der Waals surface area contributed by atoms with Crippen molar-refractivity contribution in [3.63, 3.8) is 0 Å². The van der Waals surface area contributed by atoms with Crippen LogP contribution in [-0.2, 0) is 0 Å². The summed E-state index contributed by atoms with van der Waals surface area (Å²) in [4.78, 5) is 0. The van der Waals surface area contributed by atoms with Gasteiger partial charge in [0.05, 0.1) is 6.10 Å². The van der Waals surface area contributed by atoms with Gasteiger partial charge in [-0.3, -0.25) is 0 Å². The maximum absolute atomic E-state index is 9.35. The van der Waals surface area contributed by atoms with Crippen molar-refractivity contribution < 1.29 is 5.11 Å². The Labute approximate surface area is 79.7 Å². The minimum absolute atomic E-state index is 0.430.